The molecule has 7 heteroatoms. The van der Waals surface area contributed by atoms with Crippen molar-refractivity contribution in [1.29, 1.82) is 0 Å². The van der Waals surface area contributed by atoms with Gasteiger partial charge in [-0.05, 0) is 61.7 Å². The standard InChI is InChI=1S/C24H28N4O3/c1-3-15-31-20-13-10-18(16-21(20)30-2)24(29)25-19-11-8-17(9-12-19)23-27-26-22-7-5-4-6-14-28(22)23/h8-13,16H,3-7,14-15H2,1-2H3,(H,25,29). The summed E-state index contributed by atoms with van der Waals surface area (Å²) in [4.78, 5) is 12.7. The second-order valence-electron chi connectivity index (χ2n) is 7.65. The highest BCUT2D eigenvalue weighted by Crippen LogP contribution is 2.29. The van der Waals surface area contributed by atoms with Gasteiger partial charge in [0, 0.05) is 29.8 Å². The molecule has 0 spiro atoms. The number of ether oxygens (including phenoxy) is 2. The van der Waals surface area contributed by atoms with Crippen molar-refractivity contribution < 1.29 is 14.3 Å². The highest BCUT2D eigenvalue weighted by Gasteiger charge is 2.16. The fraction of sp³-hybridized carbons (Fsp3) is 0.375. The molecule has 1 aromatic heterocycles. The van der Waals surface area contributed by atoms with Gasteiger partial charge in [0.1, 0.15) is 5.82 Å². The molecule has 2 heterocycles. The third-order valence-electron chi connectivity index (χ3n) is 5.40. The van der Waals surface area contributed by atoms with E-state index in [4.69, 9.17) is 9.47 Å². The van der Waals surface area contributed by atoms with Gasteiger partial charge in [-0.3, -0.25) is 4.79 Å². The van der Waals surface area contributed by atoms with Crippen LogP contribution >= 0.6 is 0 Å². The molecule has 31 heavy (non-hydrogen) atoms. The summed E-state index contributed by atoms with van der Waals surface area (Å²) >= 11 is 0. The number of methoxy groups -OCH3 is 1. The van der Waals surface area contributed by atoms with Crippen LogP contribution in [0.25, 0.3) is 11.4 Å². The zero-order chi connectivity index (χ0) is 21.6. The molecule has 0 fully saturated rings. The first-order chi connectivity index (χ1) is 15.2. The number of carbonyl (C=O) groups is 1. The maximum Gasteiger partial charge on any atom is 0.255 e. The highest BCUT2D eigenvalue weighted by molar-refractivity contribution is 6.04. The van der Waals surface area contributed by atoms with Gasteiger partial charge in [-0.25, -0.2) is 0 Å². The van der Waals surface area contributed by atoms with Crippen LogP contribution in [0, 0.1) is 0 Å². The number of hydrogen-bond donors (Lipinski definition) is 1. The second kappa shape index (κ2) is 9.64. The number of rotatable bonds is 7. The molecule has 1 amide bonds. The Morgan fingerprint density at radius 1 is 1.06 bits per heavy atom. The summed E-state index contributed by atoms with van der Waals surface area (Å²) in [7, 11) is 1.57. The Morgan fingerprint density at radius 2 is 1.90 bits per heavy atom. The van der Waals surface area contributed by atoms with Gasteiger partial charge in [-0.2, -0.15) is 0 Å². The summed E-state index contributed by atoms with van der Waals surface area (Å²) in [5, 5.41) is 11.7. The lowest BCUT2D eigenvalue weighted by molar-refractivity contribution is 0.102. The number of aryl methyl sites for hydroxylation is 1. The first-order valence-electron chi connectivity index (χ1n) is 10.8. The molecule has 4 rings (SSSR count). The number of amides is 1. The molecule has 2 aromatic carbocycles. The molecule has 0 unspecified atom stereocenters. The second-order valence-corrected chi connectivity index (χ2v) is 7.65. The molecule has 1 aliphatic rings. The van der Waals surface area contributed by atoms with Crippen molar-refractivity contribution in [2.24, 2.45) is 0 Å². The lowest BCUT2D eigenvalue weighted by Crippen LogP contribution is -2.12. The SMILES string of the molecule is CCCOc1ccc(C(=O)Nc2ccc(-c3nnc4n3CCCCC4)cc2)cc1OC. The van der Waals surface area contributed by atoms with E-state index in [9.17, 15) is 4.79 Å². The van der Waals surface area contributed by atoms with E-state index in [2.05, 4.69) is 20.1 Å². The van der Waals surface area contributed by atoms with Crippen LogP contribution in [0.3, 0.4) is 0 Å². The van der Waals surface area contributed by atoms with E-state index in [1.165, 1.54) is 12.8 Å². The zero-order valence-electron chi connectivity index (χ0n) is 18.1. The molecule has 1 aliphatic heterocycles. The van der Waals surface area contributed by atoms with Crippen molar-refractivity contribution in [3.05, 3.63) is 53.9 Å². The van der Waals surface area contributed by atoms with Gasteiger partial charge in [0.15, 0.2) is 17.3 Å². The average Bonchev–Trinajstić information content (AvgIpc) is 3.05. The Morgan fingerprint density at radius 3 is 2.68 bits per heavy atom. The fourth-order valence-corrected chi connectivity index (χ4v) is 3.74. The summed E-state index contributed by atoms with van der Waals surface area (Å²) in [6.07, 6.45) is 5.42. The van der Waals surface area contributed by atoms with Crippen LogP contribution in [-0.2, 0) is 13.0 Å². The number of nitrogens with one attached hydrogen (secondary N) is 1. The van der Waals surface area contributed by atoms with E-state index in [-0.39, 0.29) is 5.91 Å². The lowest BCUT2D eigenvalue weighted by atomic mass is 10.1. The van der Waals surface area contributed by atoms with E-state index in [1.54, 1.807) is 25.3 Å². The monoisotopic (exact) mass is 420 g/mol. The summed E-state index contributed by atoms with van der Waals surface area (Å²) in [5.41, 5.74) is 2.22. The smallest absolute Gasteiger partial charge is 0.255 e. The van der Waals surface area contributed by atoms with E-state index in [0.717, 1.165) is 48.7 Å². The quantitative estimate of drug-likeness (QED) is 0.598. The fourth-order valence-electron chi connectivity index (χ4n) is 3.74. The number of nitrogens with zero attached hydrogens (tertiary/aromatic N) is 3. The molecular weight excluding hydrogens is 392 g/mol. The van der Waals surface area contributed by atoms with Gasteiger partial charge in [0.05, 0.1) is 13.7 Å². The van der Waals surface area contributed by atoms with E-state index in [1.807, 2.05) is 31.2 Å². The highest BCUT2D eigenvalue weighted by atomic mass is 16.5. The molecule has 1 N–H and O–H groups in total. The largest absolute Gasteiger partial charge is 0.493 e. The van der Waals surface area contributed by atoms with Gasteiger partial charge < -0.3 is 19.4 Å². The average molecular weight is 421 g/mol. The summed E-state index contributed by atoms with van der Waals surface area (Å²) in [6, 6.07) is 12.9. The van der Waals surface area contributed by atoms with Crippen LogP contribution in [0.15, 0.2) is 42.5 Å². The molecule has 162 valence electrons. The van der Waals surface area contributed by atoms with Gasteiger partial charge in [0.25, 0.3) is 5.91 Å². The summed E-state index contributed by atoms with van der Waals surface area (Å²) in [6.45, 7) is 3.60. The Hall–Kier alpha value is -3.35. The number of benzene rings is 2. The predicted octanol–water partition coefficient (Wildman–Crippen LogP) is 4.72. The third-order valence-corrected chi connectivity index (χ3v) is 5.40. The number of hydrogen-bond acceptors (Lipinski definition) is 5. The molecule has 0 bridgehead atoms. The molecular formula is C24H28N4O3. The van der Waals surface area contributed by atoms with Crippen molar-refractivity contribution in [2.75, 3.05) is 19.0 Å². The van der Waals surface area contributed by atoms with Crippen LogP contribution in [0.2, 0.25) is 0 Å². The van der Waals surface area contributed by atoms with Gasteiger partial charge >= 0.3 is 0 Å². The first kappa shape index (κ1) is 20.9. The first-order valence-corrected chi connectivity index (χ1v) is 10.8. The van der Waals surface area contributed by atoms with Gasteiger partial charge in [-0.1, -0.05) is 13.3 Å². The Labute approximate surface area is 182 Å². The minimum Gasteiger partial charge on any atom is -0.493 e. The maximum atomic E-state index is 12.7. The summed E-state index contributed by atoms with van der Waals surface area (Å²) in [5.74, 6) is 2.93. The Kier molecular flexibility index (Phi) is 6.50. The molecule has 7 nitrogen and oxygen atoms in total. The minimum absolute atomic E-state index is 0.204. The van der Waals surface area contributed by atoms with Crippen LogP contribution in [0.4, 0.5) is 5.69 Å². The minimum atomic E-state index is -0.204. The van der Waals surface area contributed by atoms with Crippen molar-refractivity contribution in [3.8, 4) is 22.9 Å². The predicted molar refractivity (Wildman–Crippen MR) is 120 cm³/mol. The molecule has 0 aliphatic carbocycles. The molecule has 0 atom stereocenters. The van der Waals surface area contributed by atoms with E-state index < -0.39 is 0 Å². The van der Waals surface area contributed by atoms with Crippen LogP contribution in [0.5, 0.6) is 11.5 Å². The number of carbonyl (C=O) groups excluding carboxylic acids is 1. The zero-order valence-corrected chi connectivity index (χ0v) is 18.1. The number of aromatic nitrogens is 3. The van der Waals surface area contributed by atoms with Crippen molar-refractivity contribution in [2.45, 2.75) is 45.6 Å². The Balaban J connectivity index is 1.47. The summed E-state index contributed by atoms with van der Waals surface area (Å²) < 4.78 is 13.2. The molecule has 0 saturated carbocycles. The van der Waals surface area contributed by atoms with Crippen molar-refractivity contribution >= 4 is 11.6 Å². The van der Waals surface area contributed by atoms with E-state index >= 15 is 0 Å². The molecule has 3 aromatic rings. The van der Waals surface area contributed by atoms with Crippen LogP contribution < -0.4 is 14.8 Å². The maximum absolute atomic E-state index is 12.7. The topological polar surface area (TPSA) is 78.3 Å². The third kappa shape index (κ3) is 4.71. The normalized spacial score (nSPS) is 13.2. The molecule has 0 radical (unpaired) electrons. The lowest BCUT2D eigenvalue weighted by Gasteiger charge is -2.12. The number of anilines is 1. The van der Waals surface area contributed by atoms with Crippen molar-refractivity contribution in [3.63, 3.8) is 0 Å². The van der Waals surface area contributed by atoms with Crippen LogP contribution in [-0.4, -0.2) is 34.4 Å². The van der Waals surface area contributed by atoms with Crippen LogP contribution in [0.1, 0.15) is 48.8 Å². The Bertz CT molecular complexity index is 1040. The molecule has 0 saturated heterocycles. The van der Waals surface area contributed by atoms with E-state index in [0.29, 0.717) is 23.7 Å². The number of fused-ring (bicyclic) bond motifs is 1. The van der Waals surface area contributed by atoms with Gasteiger partial charge in [-0.15, -0.1) is 10.2 Å². The van der Waals surface area contributed by atoms with Gasteiger partial charge in [0.2, 0.25) is 0 Å². The van der Waals surface area contributed by atoms with Crippen molar-refractivity contribution in [1.82, 2.24) is 14.8 Å².